The van der Waals surface area contributed by atoms with Crippen LogP contribution in [-0.2, 0) is 4.79 Å². The molecule has 7 heteroatoms. The van der Waals surface area contributed by atoms with Gasteiger partial charge in [0.25, 0.3) is 0 Å². The molecule has 0 aliphatic carbocycles. The summed E-state index contributed by atoms with van der Waals surface area (Å²) in [7, 11) is 0. The van der Waals surface area contributed by atoms with Gasteiger partial charge < -0.3 is 15.5 Å². The molecule has 0 spiro atoms. The Morgan fingerprint density at radius 1 is 1.65 bits per heavy atom. The first-order chi connectivity index (χ1) is 9.65. The Bertz CT molecular complexity index is 538. The molecule has 2 rings (SSSR count). The maximum absolute atomic E-state index is 12.1. The predicted octanol–water partition coefficient (Wildman–Crippen LogP) is -0.429. The minimum absolute atomic E-state index is 0.0525. The Morgan fingerprint density at radius 2 is 2.45 bits per heavy atom. The minimum Gasteiger partial charge on any atom is -0.355 e. The fourth-order valence-electron chi connectivity index (χ4n) is 2.21. The van der Waals surface area contributed by atoms with E-state index in [2.05, 4.69) is 20.6 Å². The number of likely N-dealkylation sites (N-methyl/N-ethyl adjacent to an activating group) is 1. The van der Waals surface area contributed by atoms with Crippen LogP contribution in [0.15, 0.2) is 6.07 Å². The molecule has 2 heterocycles. The number of carbonyl (C=O) groups excluding carboxylic acids is 1. The third-order valence-corrected chi connectivity index (χ3v) is 3.11. The zero-order valence-corrected chi connectivity index (χ0v) is 11.7. The zero-order valence-electron chi connectivity index (χ0n) is 11.7. The number of aryl methyl sites for hydroxylation is 1. The molecule has 1 aromatic rings. The molecule has 1 fully saturated rings. The molecule has 0 bridgehead atoms. The van der Waals surface area contributed by atoms with Gasteiger partial charge in [-0.1, -0.05) is 0 Å². The average molecular weight is 274 g/mol. The molecule has 20 heavy (non-hydrogen) atoms. The summed E-state index contributed by atoms with van der Waals surface area (Å²) in [6.07, 6.45) is 0. The van der Waals surface area contributed by atoms with Gasteiger partial charge in [0.2, 0.25) is 11.9 Å². The lowest BCUT2D eigenvalue weighted by Crippen LogP contribution is -2.58. The van der Waals surface area contributed by atoms with Crippen LogP contribution in [0.3, 0.4) is 0 Å². The molecule has 7 nitrogen and oxygen atoms in total. The van der Waals surface area contributed by atoms with Crippen LogP contribution in [0.4, 0.5) is 5.95 Å². The molecular formula is C13H18N6O. The van der Waals surface area contributed by atoms with Crippen LogP contribution < -0.4 is 15.5 Å². The third-order valence-electron chi connectivity index (χ3n) is 3.11. The Balaban J connectivity index is 2.30. The topological polar surface area (TPSA) is 93.9 Å². The highest BCUT2D eigenvalue weighted by atomic mass is 16.2. The van der Waals surface area contributed by atoms with Crippen molar-refractivity contribution in [3.8, 4) is 6.07 Å². The van der Waals surface area contributed by atoms with Crippen molar-refractivity contribution in [2.45, 2.75) is 19.9 Å². The fourth-order valence-corrected chi connectivity index (χ4v) is 2.21. The number of hydrogen-bond acceptors (Lipinski definition) is 6. The highest BCUT2D eigenvalue weighted by Gasteiger charge is 2.30. The van der Waals surface area contributed by atoms with E-state index in [9.17, 15) is 4.79 Å². The monoisotopic (exact) mass is 274 g/mol. The molecular weight excluding hydrogens is 256 g/mol. The van der Waals surface area contributed by atoms with Crippen LogP contribution in [0.5, 0.6) is 0 Å². The van der Waals surface area contributed by atoms with Gasteiger partial charge in [-0.15, -0.1) is 0 Å². The van der Waals surface area contributed by atoms with Crippen molar-refractivity contribution in [2.24, 2.45) is 0 Å². The molecule has 1 amide bonds. The number of hydrogen-bond donors (Lipinski definition) is 2. The van der Waals surface area contributed by atoms with Gasteiger partial charge in [0.15, 0.2) is 0 Å². The summed E-state index contributed by atoms with van der Waals surface area (Å²) < 4.78 is 0. The molecule has 1 aliphatic heterocycles. The Morgan fingerprint density at radius 3 is 3.15 bits per heavy atom. The molecule has 106 valence electrons. The van der Waals surface area contributed by atoms with E-state index in [-0.39, 0.29) is 11.9 Å². The number of aromatic nitrogens is 2. The normalized spacial score (nSPS) is 18.4. The first kappa shape index (κ1) is 14.2. The zero-order chi connectivity index (χ0) is 14.5. The van der Waals surface area contributed by atoms with Crippen molar-refractivity contribution in [2.75, 3.05) is 31.1 Å². The lowest BCUT2D eigenvalue weighted by Gasteiger charge is -2.35. The van der Waals surface area contributed by atoms with Gasteiger partial charge in [0.05, 0.1) is 0 Å². The number of carbonyl (C=O) groups is 1. The minimum atomic E-state index is -0.350. The van der Waals surface area contributed by atoms with E-state index >= 15 is 0 Å². The van der Waals surface area contributed by atoms with Crippen molar-refractivity contribution in [1.82, 2.24) is 20.6 Å². The summed E-state index contributed by atoms with van der Waals surface area (Å²) in [6, 6.07) is 3.30. The van der Waals surface area contributed by atoms with E-state index in [0.717, 1.165) is 12.2 Å². The van der Waals surface area contributed by atoms with Crippen LogP contribution in [0.25, 0.3) is 0 Å². The van der Waals surface area contributed by atoms with Gasteiger partial charge >= 0.3 is 0 Å². The van der Waals surface area contributed by atoms with Crippen LogP contribution >= 0.6 is 0 Å². The number of nitriles is 1. The summed E-state index contributed by atoms with van der Waals surface area (Å²) >= 11 is 0. The van der Waals surface area contributed by atoms with Crippen molar-refractivity contribution < 1.29 is 4.79 Å². The predicted molar refractivity (Wildman–Crippen MR) is 74.2 cm³/mol. The van der Waals surface area contributed by atoms with Crippen LogP contribution in [0.1, 0.15) is 18.3 Å². The van der Waals surface area contributed by atoms with Crippen LogP contribution in [-0.4, -0.2) is 48.1 Å². The maximum atomic E-state index is 12.1. The van der Waals surface area contributed by atoms with Crippen molar-refractivity contribution in [1.29, 1.82) is 5.26 Å². The molecule has 1 saturated heterocycles. The lowest BCUT2D eigenvalue weighted by molar-refractivity contribution is -0.122. The smallest absolute Gasteiger partial charge is 0.244 e. The standard InChI is InChI=1S/C13H18N6O/c1-3-16-12(20)11-8-15-4-5-19(11)13-17-9(2)6-10(7-14)18-13/h6,11,15H,3-5,8H2,1-2H3,(H,16,20). The van der Waals surface area contributed by atoms with Crippen molar-refractivity contribution in [3.05, 3.63) is 17.5 Å². The van der Waals surface area contributed by atoms with Gasteiger partial charge in [-0.25, -0.2) is 9.97 Å². The fraction of sp³-hybridized carbons (Fsp3) is 0.538. The number of rotatable bonds is 3. The average Bonchev–Trinajstić information content (AvgIpc) is 2.46. The van der Waals surface area contributed by atoms with E-state index in [1.54, 1.807) is 6.07 Å². The summed E-state index contributed by atoms with van der Waals surface area (Å²) in [5.41, 5.74) is 1.04. The van der Waals surface area contributed by atoms with E-state index < -0.39 is 0 Å². The lowest BCUT2D eigenvalue weighted by atomic mass is 10.2. The molecule has 1 aliphatic rings. The quantitative estimate of drug-likeness (QED) is 0.777. The van der Waals surface area contributed by atoms with Gasteiger partial charge in [-0.3, -0.25) is 4.79 Å². The largest absolute Gasteiger partial charge is 0.355 e. The molecule has 1 unspecified atom stereocenters. The second-order valence-electron chi connectivity index (χ2n) is 4.61. The summed E-state index contributed by atoms with van der Waals surface area (Å²) in [6.45, 7) is 6.22. The van der Waals surface area contributed by atoms with Gasteiger partial charge in [0.1, 0.15) is 17.8 Å². The van der Waals surface area contributed by atoms with Crippen LogP contribution in [0.2, 0.25) is 0 Å². The van der Waals surface area contributed by atoms with E-state index in [1.165, 1.54) is 0 Å². The summed E-state index contributed by atoms with van der Waals surface area (Å²) in [5.74, 6) is 0.391. The number of amides is 1. The molecule has 0 radical (unpaired) electrons. The van der Waals surface area contributed by atoms with E-state index in [1.807, 2.05) is 24.8 Å². The highest BCUT2D eigenvalue weighted by molar-refractivity contribution is 5.85. The first-order valence-electron chi connectivity index (χ1n) is 6.66. The highest BCUT2D eigenvalue weighted by Crippen LogP contribution is 2.15. The number of nitrogens with zero attached hydrogens (tertiary/aromatic N) is 4. The van der Waals surface area contributed by atoms with Gasteiger partial charge in [-0.05, 0) is 19.9 Å². The molecule has 0 saturated carbocycles. The van der Waals surface area contributed by atoms with Crippen molar-refractivity contribution in [3.63, 3.8) is 0 Å². The third kappa shape index (κ3) is 3.03. The second-order valence-corrected chi connectivity index (χ2v) is 4.61. The Labute approximate surface area is 118 Å². The summed E-state index contributed by atoms with van der Waals surface area (Å²) in [4.78, 5) is 22.5. The molecule has 0 aromatic carbocycles. The maximum Gasteiger partial charge on any atom is 0.244 e. The molecule has 2 N–H and O–H groups in total. The molecule has 1 atom stereocenters. The first-order valence-corrected chi connectivity index (χ1v) is 6.66. The number of anilines is 1. The SMILES string of the molecule is CCNC(=O)C1CNCCN1c1nc(C)cc(C#N)n1. The number of piperazine rings is 1. The Hall–Kier alpha value is -2.20. The van der Waals surface area contributed by atoms with E-state index in [0.29, 0.717) is 31.3 Å². The van der Waals surface area contributed by atoms with Gasteiger partial charge in [0, 0.05) is 31.9 Å². The number of nitrogens with one attached hydrogen (secondary N) is 2. The van der Waals surface area contributed by atoms with Gasteiger partial charge in [-0.2, -0.15) is 5.26 Å². The van der Waals surface area contributed by atoms with Crippen LogP contribution in [0, 0.1) is 18.3 Å². The second kappa shape index (κ2) is 6.30. The Kier molecular flexibility index (Phi) is 4.48. The van der Waals surface area contributed by atoms with E-state index in [4.69, 9.17) is 5.26 Å². The molecule has 1 aromatic heterocycles. The van der Waals surface area contributed by atoms with Crippen molar-refractivity contribution >= 4 is 11.9 Å². The summed E-state index contributed by atoms with van der Waals surface area (Å²) in [5, 5.41) is 15.0.